The van der Waals surface area contributed by atoms with Gasteiger partial charge in [0, 0.05) is 13.1 Å². The van der Waals surface area contributed by atoms with Crippen LogP contribution in [0.4, 0.5) is 4.79 Å². The van der Waals surface area contributed by atoms with Gasteiger partial charge >= 0.3 is 12.1 Å². The zero-order valence-corrected chi connectivity index (χ0v) is 12.1. The number of rotatable bonds is 1. The maximum atomic E-state index is 12.1. The summed E-state index contributed by atoms with van der Waals surface area (Å²) in [6.07, 6.45) is 1.71. The number of esters is 1. The van der Waals surface area contributed by atoms with Crippen molar-refractivity contribution >= 4 is 12.1 Å². The normalized spacial score (nSPS) is 30.1. The van der Waals surface area contributed by atoms with Crippen LogP contribution in [0.15, 0.2) is 0 Å². The highest BCUT2D eigenvalue weighted by molar-refractivity contribution is 5.75. The van der Waals surface area contributed by atoms with Crippen molar-refractivity contribution in [1.82, 2.24) is 4.90 Å². The maximum absolute atomic E-state index is 12.1. The van der Waals surface area contributed by atoms with Gasteiger partial charge in [0.1, 0.15) is 5.60 Å². The largest absolute Gasteiger partial charge is 0.469 e. The minimum Gasteiger partial charge on any atom is -0.469 e. The van der Waals surface area contributed by atoms with Crippen LogP contribution in [0.1, 0.15) is 33.6 Å². The van der Waals surface area contributed by atoms with Crippen LogP contribution in [0.25, 0.3) is 0 Å². The van der Waals surface area contributed by atoms with E-state index < -0.39 is 5.60 Å². The van der Waals surface area contributed by atoms with E-state index in [-0.39, 0.29) is 29.8 Å². The van der Waals surface area contributed by atoms with Crippen molar-refractivity contribution in [2.75, 3.05) is 20.2 Å². The van der Waals surface area contributed by atoms with E-state index in [0.29, 0.717) is 13.1 Å². The van der Waals surface area contributed by atoms with E-state index in [1.807, 2.05) is 20.8 Å². The highest BCUT2D eigenvalue weighted by atomic mass is 16.6. The fraction of sp³-hybridized carbons (Fsp3) is 0.857. The molecular formula is C14H23NO4. The summed E-state index contributed by atoms with van der Waals surface area (Å²) in [6, 6.07) is 0. The first-order valence-electron chi connectivity index (χ1n) is 6.87. The molecule has 1 saturated heterocycles. The van der Waals surface area contributed by atoms with Gasteiger partial charge in [0.15, 0.2) is 0 Å². The van der Waals surface area contributed by atoms with Gasteiger partial charge in [-0.2, -0.15) is 0 Å². The molecule has 19 heavy (non-hydrogen) atoms. The lowest BCUT2D eigenvalue weighted by atomic mass is 9.85. The second-order valence-electron chi connectivity index (χ2n) is 6.53. The van der Waals surface area contributed by atoms with Crippen molar-refractivity contribution in [3.8, 4) is 0 Å². The molecule has 1 heterocycles. The molecule has 0 radical (unpaired) electrons. The SMILES string of the molecule is COC(=O)C1[C@H]2CC[C@H]1CN(C(=O)OC(C)(C)C)C2. The summed E-state index contributed by atoms with van der Waals surface area (Å²) >= 11 is 0. The van der Waals surface area contributed by atoms with E-state index in [2.05, 4.69) is 0 Å². The fourth-order valence-corrected chi connectivity index (χ4v) is 3.22. The monoisotopic (exact) mass is 269 g/mol. The molecule has 1 amide bonds. The van der Waals surface area contributed by atoms with Gasteiger partial charge in [-0.05, 0) is 45.4 Å². The maximum Gasteiger partial charge on any atom is 0.410 e. The van der Waals surface area contributed by atoms with E-state index in [1.165, 1.54) is 7.11 Å². The Bertz CT molecular complexity index is 360. The average molecular weight is 269 g/mol. The Hall–Kier alpha value is -1.26. The summed E-state index contributed by atoms with van der Waals surface area (Å²) in [4.78, 5) is 25.6. The van der Waals surface area contributed by atoms with Gasteiger partial charge in [0.05, 0.1) is 13.0 Å². The van der Waals surface area contributed by atoms with Gasteiger partial charge in [0.25, 0.3) is 0 Å². The number of hydrogen-bond donors (Lipinski definition) is 0. The molecule has 2 aliphatic rings. The molecule has 2 atom stereocenters. The summed E-state index contributed by atoms with van der Waals surface area (Å²) in [5.74, 6) is 0.275. The van der Waals surface area contributed by atoms with E-state index in [4.69, 9.17) is 9.47 Å². The van der Waals surface area contributed by atoms with Crippen LogP contribution in [0.3, 0.4) is 0 Å². The number of nitrogens with zero attached hydrogens (tertiary/aromatic N) is 1. The first kappa shape index (κ1) is 14.2. The predicted molar refractivity (Wildman–Crippen MR) is 69.5 cm³/mol. The Morgan fingerprint density at radius 3 is 2.05 bits per heavy atom. The average Bonchev–Trinajstić information content (AvgIpc) is 2.56. The molecule has 5 nitrogen and oxygen atoms in total. The number of likely N-dealkylation sites (tertiary alicyclic amines) is 1. The molecule has 1 aliphatic heterocycles. The second-order valence-corrected chi connectivity index (χ2v) is 6.53. The van der Waals surface area contributed by atoms with Crippen molar-refractivity contribution in [3.05, 3.63) is 0 Å². The first-order valence-corrected chi connectivity index (χ1v) is 6.87. The standard InChI is InChI=1S/C14H23NO4/c1-14(2,3)19-13(17)15-7-9-5-6-10(8-15)11(9)12(16)18-4/h9-11H,5-8H2,1-4H3/t9-,10-/m0/s1. The lowest BCUT2D eigenvalue weighted by Gasteiger charge is -2.37. The van der Waals surface area contributed by atoms with Crippen molar-refractivity contribution in [1.29, 1.82) is 0 Å². The van der Waals surface area contributed by atoms with E-state index in [0.717, 1.165) is 12.8 Å². The Kier molecular flexibility index (Phi) is 3.74. The van der Waals surface area contributed by atoms with Gasteiger partial charge in [-0.3, -0.25) is 4.79 Å². The minimum atomic E-state index is -0.477. The van der Waals surface area contributed by atoms with E-state index in [9.17, 15) is 9.59 Å². The van der Waals surface area contributed by atoms with Gasteiger partial charge in [-0.15, -0.1) is 0 Å². The third-order valence-electron chi connectivity index (χ3n) is 3.96. The zero-order chi connectivity index (χ0) is 14.2. The molecule has 2 rings (SSSR count). The summed E-state index contributed by atoms with van der Waals surface area (Å²) in [5.41, 5.74) is -0.477. The van der Waals surface area contributed by atoms with Crippen LogP contribution in [0.2, 0.25) is 0 Å². The molecule has 2 fully saturated rings. The van der Waals surface area contributed by atoms with Crippen molar-refractivity contribution in [2.45, 2.75) is 39.2 Å². The fourth-order valence-electron chi connectivity index (χ4n) is 3.22. The first-order chi connectivity index (χ1) is 8.81. The highest BCUT2D eigenvalue weighted by Gasteiger charge is 2.48. The van der Waals surface area contributed by atoms with Crippen molar-refractivity contribution < 1.29 is 19.1 Å². The lowest BCUT2D eigenvalue weighted by Crippen LogP contribution is -2.48. The third-order valence-corrected chi connectivity index (χ3v) is 3.96. The Morgan fingerprint density at radius 1 is 1.11 bits per heavy atom. The van der Waals surface area contributed by atoms with Crippen LogP contribution in [0, 0.1) is 17.8 Å². The molecule has 0 aromatic carbocycles. The van der Waals surface area contributed by atoms with Gasteiger partial charge in [-0.1, -0.05) is 0 Å². The molecule has 0 spiro atoms. The number of fused-ring (bicyclic) bond motifs is 2. The Morgan fingerprint density at radius 2 is 1.63 bits per heavy atom. The van der Waals surface area contributed by atoms with Crippen LogP contribution in [-0.4, -0.2) is 42.8 Å². The third kappa shape index (κ3) is 3.01. The molecular weight excluding hydrogens is 246 g/mol. The molecule has 5 heteroatoms. The molecule has 2 bridgehead atoms. The number of amides is 1. The van der Waals surface area contributed by atoms with Crippen LogP contribution < -0.4 is 0 Å². The summed E-state index contributed by atoms with van der Waals surface area (Å²) in [6.45, 7) is 6.79. The second kappa shape index (κ2) is 5.02. The topological polar surface area (TPSA) is 55.8 Å². The Labute approximate surface area is 114 Å². The van der Waals surface area contributed by atoms with Crippen molar-refractivity contribution in [2.24, 2.45) is 17.8 Å². The molecule has 0 unspecified atom stereocenters. The van der Waals surface area contributed by atoms with Crippen LogP contribution >= 0.6 is 0 Å². The van der Waals surface area contributed by atoms with Crippen molar-refractivity contribution in [3.63, 3.8) is 0 Å². The van der Waals surface area contributed by atoms with Gasteiger partial charge < -0.3 is 14.4 Å². The van der Waals surface area contributed by atoms with Gasteiger partial charge in [-0.25, -0.2) is 4.79 Å². The molecule has 1 saturated carbocycles. The van der Waals surface area contributed by atoms with E-state index in [1.54, 1.807) is 4.90 Å². The van der Waals surface area contributed by atoms with Crippen LogP contribution in [0.5, 0.6) is 0 Å². The molecule has 0 aromatic rings. The number of hydrogen-bond acceptors (Lipinski definition) is 4. The minimum absolute atomic E-state index is 0.0383. The summed E-state index contributed by atoms with van der Waals surface area (Å²) in [5, 5.41) is 0. The van der Waals surface area contributed by atoms with Gasteiger partial charge in [0.2, 0.25) is 0 Å². The number of methoxy groups -OCH3 is 1. The molecule has 108 valence electrons. The summed E-state index contributed by atoms with van der Waals surface area (Å²) in [7, 11) is 1.43. The number of ether oxygens (including phenoxy) is 2. The molecule has 0 aromatic heterocycles. The Balaban J connectivity index is 2.00. The zero-order valence-electron chi connectivity index (χ0n) is 12.1. The highest BCUT2D eigenvalue weighted by Crippen LogP contribution is 2.42. The smallest absolute Gasteiger partial charge is 0.410 e. The quantitative estimate of drug-likeness (QED) is 0.684. The predicted octanol–water partition coefficient (Wildman–Crippen LogP) is 2.05. The number of carbonyl (C=O) groups is 2. The molecule has 0 N–H and O–H groups in total. The lowest BCUT2D eigenvalue weighted by molar-refractivity contribution is -0.150. The van der Waals surface area contributed by atoms with Crippen LogP contribution in [-0.2, 0) is 14.3 Å². The molecule has 1 aliphatic carbocycles. The number of piperidine rings is 1. The number of carbonyl (C=O) groups excluding carboxylic acids is 2. The summed E-state index contributed by atoms with van der Waals surface area (Å²) < 4.78 is 10.3. The van der Waals surface area contributed by atoms with E-state index >= 15 is 0 Å².